The quantitative estimate of drug-likeness (QED) is 0.733. The van der Waals surface area contributed by atoms with Crippen molar-refractivity contribution in [3.63, 3.8) is 0 Å². The SMILES string of the molecule is CC(N)c1ccc(-c2ccc(C(C)N3CCC(CCCO)OC3=O)cc2)s1. The Bertz CT molecular complexity index is 757. The van der Waals surface area contributed by atoms with Gasteiger partial charge in [0.05, 0.1) is 6.04 Å². The van der Waals surface area contributed by atoms with Crippen molar-refractivity contribution >= 4 is 17.4 Å². The third-order valence-corrected chi connectivity index (χ3v) is 6.43. The fourth-order valence-electron chi connectivity index (χ4n) is 3.38. The highest BCUT2D eigenvalue weighted by molar-refractivity contribution is 7.15. The Morgan fingerprint density at radius 3 is 2.59 bits per heavy atom. The molecule has 5 nitrogen and oxygen atoms in total. The Hall–Kier alpha value is -1.89. The molecule has 1 aromatic carbocycles. The molecule has 1 saturated heterocycles. The molecule has 6 heteroatoms. The molecule has 146 valence electrons. The van der Waals surface area contributed by atoms with Gasteiger partial charge in [-0.3, -0.25) is 0 Å². The summed E-state index contributed by atoms with van der Waals surface area (Å²) < 4.78 is 5.53. The second-order valence-corrected chi connectivity index (χ2v) is 8.26. The molecule has 3 N–H and O–H groups in total. The Balaban J connectivity index is 1.65. The van der Waals surface area contributed by atoms with Gasteiger partial charge in [0.1, 0.15) is 6.10 Å². The number of hydrogen-bond donors (Lipinski definition) is 2. The minimum absolute atomic E-state index is 0.0340. The van der Waals surface area contributed by atoms with Gasteiger partial charge in [-0.15, -0.1) is 11.3 Å². The smallest absolute Gasteiger partial charge is 0.410 e. The normalized spacial score (nSPS) is 19.6. The van der Waals surface area contributed by atoms with Crippen molar-refractivity contribution in [3.8, 4) is 10.4 Å². The molecule has 1 aromatic heterocycles. The van der Waals surface area contributed by atoms with Crippen LogP contribution in [0.15, 0.2) is 36.4 Å². The van der Waals surface area contributed by atoms with E-state index in [1.807, 2.05) is 13.8 Å². The fourth-order valence-corrected chi connectivity index (χ4v) is 4.34. The van der Waals surface area contributed by atoms with Crippen molar-refractivity contribution in [3.05, 3.63) is 46.8 Å². The molecule has 2 heterocycles. The molecule has 0 bridgehead atoms. The lowest BCUT2D eigenvalue weighted by Gasteiger charge is -2.35. The average molecular weight is 389 g/mol. The number of nitrogens with zero attached hydrogens (tertiary/aromatic N) is 1. The predicted octanol–water partition coefficient (Wildman–Crippen LogP) is 4.48. The van der Waals surface area contributed by atoms with E-state index < -0.39 is 0 Å². The first-order valence-electron chi connectivity index (χ1n) is 9.53. The zero-order valence-electron chi connectivity index (χ0n) is 15.9. The van der Waals surface area contributed by atoms with Gasteiger partial charge in [0.15, 0.2) is 0 Å². The predicted molar refractivity (Wildman–Crippen MR) is 109 cm³/mol. The minimum Gasteiger partial charge on any atom is -0.446 e. The van der Waals surface area contributed by atoms with E-state index in [0.29, 0.717) is 13.0 Å². The van der Waals surface area contributed by atoms with Crippen LogP contribution >= 0.6 is 11.3 Å². The van der Waals surface area contributed by atoms with Crippen LogP contribution in [0, 0.1) is 0 Å². The number of benzene rings is 1. The molecule has 1 fully saturated rings. The molecule has 2 aromatic rings. The molecule has 3 atom stereocenters. The van der Waals surface area contributed by atoms with Gasteiger partial charge in [0.2, 0.25) is 0 Å². The van der Waals surface area contributed by atoms with Crippen molar-refractivity contribution in [2.75, 3.05) is 13.2 Å². The Morgan fingerprint density at radius 2 is 2.00 bits per heavy atom. The standard InChI is InChI=1S/C21H28N2O3S/c1-14(22)19-9-10-20(27-19)17-7-5-16(6-8-17)15(2)23-12-11-18(4-3-13-24)26-21(23)25/h5-10,14-15,18,24H,3-4,11-13,22H2,1-2H3. The van der Waals surface area contributed by atoms with Crippen molar-refractivity contribution in [2.24, 2.45) is 5.73 Å². The number of carbonyl (C=O) groups is 1. The molecule has 1 amide bonds. The van der Waals surface area contributed by atoms with Crippen LogP contribution in [0.5, 0.6) is 0 Å². The van der Waals surface area contributed by atoms with Gasteiger partial charge in [-0.05, 0) is 49.9 Å². The highest BCUT2D eigenvalue weighted by Gasteiger charge is 2.30. The second kappa shape index (κ2) is 8.87. The Morgan fingerprint density at radius 1 is 1.26 bits per heavy atom. The topological polar surface area (TPSA) is 75.8 Å². The maximum absolute atomic E-state index is 12.4. The molecule has 0 saturated carbocycles. The van der Waals surface area contributed by atoms with Gasteiger partial charge >= 0.3 is 6.09 Å². The van der Waals surface area contributed by atoms with Crippen molar-refractivity contribution in [1.82, 2.24) is 4.90 Å². The maximum atomic E-state index is 12.4. The second-order valence-electron chi connectivity index (χ2n) is 7.14. The molecular weight excluding hydrogens is 360 g/mol. The van der Waals surface area contributed by atoms with E-state index in [1.54, 1.807) is 16.2 Å². The highest BCUT2D eigenvalue weighted by Crippen LogP contribution is 2.32. The van der Waals surface area contributed by atoms with Crippen molar-refractivity contribution in [1.29, 1.82) is 0 Å². The van der Waals surface area contributed by atoms with Gasteiger partial charge in [-0.25, -0.2) is 4.79 Å². The number of amides is 1. The van der Waals surface area contributed by atoms with Gasteiger partial charge in [0, 0.05) is 35.4 Å². The van der Waals surface area contributed by atoms with Crippen LogP contribution in [0.1, 0.15) is 55.6 Å². The number of cyclic esters (lactones) is 1. The molecule has 1 aliphatic heterocycles. The summed E-state index contributed by atoms with van der Waals surface area (Å²) in [4.78, 5) is 16.5. The summed E-state index contributed by atoms with van der Waals surface area (Å²) in [5.41, 5.74) is 8.20. The third kappa shape index (κ3) is 4.69. The number of thiophene rings is 1. The molecule has 1 aliphatic rings. The number of aliphatic hydroxyl groups is 1. The van der Waals surface area contributed by atoms with Crippen molar-refractivity contribution in [2.45, 2.75) is 51.3 Å². The number of nitrogens with two attached hydrogens (primary N) is 1. The van der Waals surface area contributed by atoms with E-state index in [0.717, 1.165) is 24.0 Å². The van der Waals surface area contributed by atoms with Crippen molar-refractivity contribution < 1.29 is 14.6 Å². The summed E-state index contributed by atoms with van der Waals surface area (Å²) in [5, 5.41) is 8.93. The number of ether oxygens (including phenoxy) is 1. The van der Waals surface area contributed by atoms with Gasteiger partial charge < -0.3 is 20.5 Å². The number of carbonyl (C=O) groups excluding carboxylic acids is 1. The lowest BCUT2D eigenvalue weighted by atomic mass is 10.0. The van der Waals surface area contributed by atoms with E-state index >= 15 is 0 Å². The Labute approximate surface area is 164 Å². The lowest BCUT2D eigenvalue weighted by molar-refractivity contribution is 0.00760. The molecule has 0 radical (unpaired) electrons. The molecule has 0 spiro atoms. The van der Waals surface area contributed by atoms with E-state index in [2.05, 4.69) is 36.4 Å². The van der Waals surface area contributed by atoms with E-state index in [9.17, 15) is 4.79 Å². The van der Waals surface area contributed by atoms with Crippen LogP contribution in [0.2, 0.25) is 0 Å². The highest BCUT2D eigenvalue weighted by atomic mass is 32.1. The first-order chi connectivity index (χ1) is 13.0. The molecule has 27 heavy (non-hydrogen) atoms. The van der Waals surface area contributed by atoms with Crippen LogP contribution in [0.25, 0.3) is 10.4 Å². The third-order valence-electron chi connectivity index (χ3n) is 5.10. The van der Waals surface area contributed by atoms with Crippen LogP contribution in [-0.2, 0) is 4.74 Å². The zero-order valence-corrected chi connectivity index (χ0v) is 16.7. The number of aliphatic hydroxyl groups excluding tert-OH is 1. The summed E-state index contributed by atoms with van der Waals surface area (Å²) in [5.74, 6) is 0. The summed E-state index contributed by atoms with van der Waals surface area (Å²) in [7, 11) is 0. The van der Waals surface area contributed by atoms with Crippen LogP contribution in [0.3, 0.4) is 0 Å². The maximum Gasteiger partial charge on any atom is 0.410 e. The van der Waals surface area contributed by atoms with Gasteiger partial charge in [-0.2, -0.15) is 0 Å². The van der Waals surface area contributed by atoms with E-state index in [4.69, 9.17) is 15.6 Å². The first kappa shape index (κ1) is 19.9. The zero-order chi connectivity index (χ0) is 19.4. The largest absolute Gasteiger partial charge is 0.446 e. The van der Waals surface area contributed by atoms with E-state index in [1.165, 1.54) is 9.75 Å². The van der Waals surface area contributed by atoms with Crippen LogP contribution in [-0.4, -0.2) is 35.4 Å². The van der Waals surface area contributed by atoms with E-state index in [-0.39, 0.29) is 30.9 Å². The molecule has 3 unspecified atom stereocenters. The summed E-state index contributed by atoms with van der Waals surface area (Å²) in [6, 6.07) is 12.6. The summed E-state index contributed by atoms with van der Waals surface area (Å²) in [6.45, 7) is 4.84. The number of rotatable bonds is 7. The average Bonchev–Trinajstić information content (AvgIpc) is 3.16. The lowest BCUT2D eigenvalue weighted by Crippen LogP contribution is -2.43. The monoisotopic (exact) mass is 388 g/mol. The molecular formula is C21H28N2O3S. The molecule has 0 aliphatic carbocycles. The Kier molecular flexibility index (Phi) is 6.52. The number of hydrogen-bond acceptors (Lipinski definition) is 5. The van der Waals surface area contributed by atoms with Gasteiger partial charge in [0.25, 0.3) is 0 Å². The van der Waals surface area contributed by atoms with Crippen LogP contribution < -0.4 is 5.73 Å². The van der Waals surface area contributed by atoms with Crippen LogP contribution in [0.4, 0.5) is 4.79 Å². The summed E-state index contributed by atoms with van der Waals surface area (Å²) in [6.07, 6.45) is 1.86. The minimum atomic E-state index is -0.263. The summed E-state index contributed by atoms with van der Waals surface area (Å²) >= 11 is 1.72. The van der Waals surface area contributed by atoms with Gasteiger partial charge in [-0.1, -0.05) is 24.3 Å². The molecule has 3 rings (SSSR count). The first-order valence-corrected chi connectivity index (χ1v) is 10.3. The fraction of sp³-hybridized carbons (Fsp3) is 0.476.